The van der Waals surface area contributed by atoms with E-state index in [0.717, 1.165) is 0 Å². The van der Waals surface area contributed by atoms with Gasteiger partial charge in [0.05, 0.1) is 12.6 Å². The van der Waals surface area contributed by atoms with Crippen LogP contribution in [0.2, 0.25) is 0 Å². The Morgan fingerprint density at radius 1 is 1.40 bits per heavy atom. The van der Waals surface area contributed by atoms with Crippen molar-refractivity contribution in [3.63, 3.8) is 0 Å². The van der Waals surface area contributed by atoms with E-state index in [2.05, 4.69) is 0 Å². The number of aliphatic hydroxyl groups is 2. The van der Waals surface area contributed by atoms with Crippen LogP contribution in [0.4, 0.5) is 0 Å². The summed E-state index contributed by atoms with van der Waals surface area (Å²) in [5.41, 5.74) is 1.44. The summed E-state index contributed by atoms with van der Waals surface area (Å²) in [5.74, 6) is 0. The first kappa shape index (κ1) is 9.84. The molecule has 0 aromatic carbocycles. The molecule has 1 atom stereocenters. The quantitative estimate of drug-likeness (QED) is 0.401. The molecule has 62 valence electrons. The van der Waals surface area contributed by atoms with Crippen molar-refractivity contribution in [2.75, 3.05) is 13.2 Å². The monoisotopic (exact) mass is 149 g/mol. The lowest BCUT2D eigenvalue weighted by molar-refractivity contribution is 0.00409. The van der Waals surface area contributed by atoms with E-state index >= 15 is 0 Å². The number of nitrogens with one attached hydrogen (secondary N) is 1. The highest BCUT2D eigenvalue weighted by Crippen LogP contribution is 2.18. The summed E-state index contributed by atoms with van der Waals surface area (Å²) in [7, 11) is 0. The molecule has 0 amide bonds. The maximum absolute atomic E-state index is 8.76. The predicted molar refractivity (Wildman–Crippen MR) is 36.7 cm³/mol. The zero-order valence-electron chi connectivity index (χ0n) is 6.33. The lowest BCUT2D eigenvalue weighted by atomic mass is 9.86. The second-order valence-electron chi connectivity index (χ2n) is 3.01. The fourth-order valence-corrected chi connectivity index (χ4v) is 0.573. The molecule has 4 N–H and O–H groups in total. The maximum Gasteiger partial charge on any atom is 0.0623 e. The Balaban J connectivity index is 3.97. The van der Waals surface area contributed by atoms with Gasteiger partial charge in [-0.05, 0) is 0 Å². The maximum atomic E-state index is 8.76. The first-order valence-electron chi connectivity index (χ1n) is 3.20. The lowest BCUT2D eigenvalue weighted by Crippen LogP contribution is -2.45. The molecule has 0 spiro atoms. The minimum absolute atomic E-state index is 0.0776. The molecule has 0 aliphatic heterocycles. The molecule has 10 heavy (non-hydrogen) atoms. The normalized spacial score (nSPS) is 15.3. The van der Waals surface area contributed by atoms with E-state index in [0.29, 0.717) is 0 Å². The summed E-state index contributed by atoms with van der Waals surface area (Å²) >= 11 is 0. The van der Waals surface area contributed by atoms with Crippen molar-refractivity contribution in [3.05, 3.63) is 0 Å². The molecule has 0 heterocycles. The van der Waals surface area contributed by atoms with Crippen LogP contribution < -0.4 is 5.48 Å². The van der Waals surface area contributed by atoms with Crippen molar-refractivity contribution in [1.29, 1.82) is 0 Å². The SMILES string of the molecule is CC(C)(CO)C(CO)NO. The molecular formula is C6H15NO3. The molecule has 0 saturated carbocycles. The third kappa shape index (κ3) is 2.22. The van der Waals surface area contributed by atoms with Crippen LogP contribution in [0.1, 0.15) is 13.8 Å². The largest absolute Gasteiger partial charge is 0.396 e. The highest BCUT2D eigenvalue weighted by molar-refractivity contribution is 4.80. The molecule has 0 radical (unpaired) electrons. The predicted octanol–water partition coefficient (Wildman–Crippen LogP) is -0.655. The Morgan fingerprint density at radius 2 is 1.90 bits per heavy atom. The van der Waals surface area contributed by atoms with Gasteiger partial charge >= 0.3 is 0 Å². The summed E-state index contributed by atoms with van der Waals surface area (Å²) in [4.78, 5) is 0. The molecule has 0 aromatic rings. The summed E-state index contributed by atoms with van der Waals surface area (Å²) in [6.45, 7) is 3.23. The van der Waals surface area contributed by atoms with Crippen LogP contribution in [0, 0.1) is 5.41 Å². The molecule has 4 heteroatoms. The van der Waals surface area contributed by atoms with E-state index in [1.807, 2.05) is 5.48 Å². The average Bonchev–Trinajstić information content (AvgIpc) is 1.90. The highest BCUT2D eigenvalue weighted by atomic mass is 16.5. The van der Waals surface area contributed by atoms with Gasteiger partial charge in [-0.15, -0.1) is 0 Å². The summed E-state index contributed by atoms with van der Waals surface area (Å²) < 4.78 is 0. The fraction of sp³-hybridized carbons (Fsp3) is 1.00. The minimum atomic E-state index is -0.497. The molecule has 0 aliphatic carbocycles. The number of hydroxylamine groups is 1. The smallest absolute Gasteiger partial charge is 0.0623 e. The van der Waals surface area contributed by atoms with Crippen molar-refractivity contribution in [1.82, 2.24) is 5.48 Å². The molecule has 0 saturated heterocycles. The van der Waals surface area contributed by atoms with Crippen LogP contribution in [0.5, 0.6) is 0 Å². The van der Waals surface area contributed by atoms with Gasteiger partial charge in [0.15, 0.2) is 0 Å². The second kappa shape index (κ2) is 3.88. The van der Waals surface area contributed by atoms with Crippen LogP contribution in [-0.2, 0) is 0 Å². The van der Waals surface area contributed by atoms with E-state index in [1.165, 1.54) is 0 Å². The molecule has 1 unspecified atom stereocenters. The van der Waals surface area contributed by atoms with Crippen LogP contribution in [0.3, 0.4) is 0 Å². The van der Waals surface area contributed by atoms with Crippen molar-refractivity contribution in [3.8, 4) is 0 Å². The Morgan fingerprint density at radius 3 is 2.00 bits per heavy atom. The van der Waals surface area contributed by atoms with E-state index in [1.54, 1.807) is 13.8 Å². The number of rotatable bonds is 4. The molecule has 4 nitrogen and oxygen atoms in total. The van der Waals surface area contributed by atoms with Gasteiger partial charge in [-0.25, -0.2) is 0 Å². The third-order valence-corrected chi connectivity index (χ3v) is 1.69. The van der Waals surface area contributed by atoms with E-state index in [-0.39, 0.29) is 13.2 Å². The van der Waals surface area contributed by atoms with Crippen LogP contribution in [-0.4, -0.2) is 34.7 Å². The lowest BCUT2D eigenvalue weighted by Gasteiger charge is -2.29. The van der Waals surface area contributed by atoms with Crippen molar-refractivity contribution in [2.45, 2.75) is 19.9 Å². The van der Waals surface area contributed by atoms with Gasteiger partial charge in [0.2, 0.25) is 0 Å². The Bertz CT molecular complexity index is 91.0. The standard InChI is InChI=1S/C6H15NO3/c1-6(2,4-9)5(3-8)7-10/h5,7-10H,3-4H2,1-2H3. The van der Waals surface area contributed by atoms with Crippen LogP contribution >= 0.6 is 0 Å². The van der Waals surface area contributed by atoms with E-state index < -0.39 is 11.5 Å². The number of aliphatic hydroxyl groups excluding tert-OH is 2. The summed E-state index contributed by atoms with van der Waals surface area (Å²) in [6, 6.07) is -0.475. The second-order valence-corrected chi connectivity index (χ2v) is 3.01. The van der Waals surface area contributed by atoms with E-state index in [9.17, 15) is 0 Å². The zero-order chi connectivity index (χ0) is 8.20. The minimum Gasteiger partial charge on any atom is -0.396 e. The average molecular weight is 149 g/mol. The molecular weight excluding hydrogens is 134 g/mol. The van der Waals surface area contributed by atoms with Gasteiger partial charge in [0, 0.05) is 12.0 Å². The Hall–Kier alpha value is -0.160. The molecule has 0 fully saturated rings. The molecule has 0 bridgehead atoms. The third-order valence-electron chi connectivity index (χ3n) is 1.69. The van der Waals surface area contributed by atoms with Crippen molar-refractivity contribution in [2.24, 2.45) is 5.41 Å². The molecule has 0 aromatic heterocycles. The highest BCUT2D eigenvalue weighted by Gasteiger charge is 2.27. The van der Waals surface area contributed by atoms with Gasteiger partial charge in [-0.2, -0.15) is 5.48 Å². The fourth-order valence-electron chi connectivity index (χ4n) is 0.573. The van der Waals surface area contributed by atoms with Gasteiger partial charge in [-0.3, -0.25) is 0 Å². The topological polar surface area (TPSA) is 72.7 Å². The first-order chi connectivity index (χ1) is 4.58. The van der Waals surface area contributed by atoms with Crippen LogP contribution in [0.15, 0.2) is 0 Å². The Kier molecular flexibility index (Phi) is 3.81. The van der Waals surface area contributed by atoms with Gasteiger partial charge < -0.3 is 15.4 Å². The first-order valence-corrected chi connectivity index (χ1v) is 3.20. The van der Waals surface area contributed by atoms with Crippen molar-refractivity contribution < 1.29 is 15.4 Å². The van der Waals surface area contributed by atoms with Crippen LogP contribution in [0.25, 0.3) is 0 Å². The van der Waals surface area contributed by atoms with Crippen molar-refractivity contribution >= 4 is 0 Å². The summed E-state index contributed by atoms with van der Waals surface area (Å²) in [6.07, 6.45) is 0. The zero-order valence-corrected chi connectivity index (χ0v) is 6.33. The van der Waals surface area contributed by atoms with Gasteiger partial charge in [-0.1, -0.05) is 13.8 Å². The number of hydrogen-bond acceptors (Lipinski definition) is 4. The number of hydrogen-bond donors (Lipinski definition) is 4. The van der Waals surface area contributed by atoms with Gasteiger partial charge in [0.25, 0.3) is 0 Å². The summed E-state index contributed by atoms with van der Waals surface area (Å²) in [5, 5.41) is 25.9. The molecule has 0 aliphatic rings. The van der Waals surface area contributed by atoms with E-state index in [4.69, 9.17) is 15.4 Å². The Labute approximate surface area is 60.5 Å². The molecule has 0 rings (SSSR count). The van der Waals surface area contributed by atoms with Gasteiger partial charge in [0.1, 0.15) is 0 Å².